The van der Waals surface area contributed by atoms with Crippen LogP contribution in [0.15, 0.2) is 48.7 Å². The Labute approximate surface area is 140 Å². The number of aromatic nitrogens is 1. The van der Waals surface area contributed by atoms with Gasteiger partial charge in [0.2, 0.25) is 0 Å². The minimum absolute atomic E-state index is 0.0412. The van der Waals surface area contributed by atoms with Gasteiger partial charge in [0, 0.05) is 42.3 Å². The zero-order valence-corrected chi connectivity index (χ0v) is 13.6. The van der Waals surface area contributed by atoms with Crippen LogP contribution in [0.1, 0.15) is 28.4 Å². The summed E-state index contributed by atoms with van der Waals surface area (Å²) >= 11 is 0. The molecule has 0 unspecified atom stereocenters. The van der Waals surface area contributed by atoms with Gasteiger partial charge in [0.15, 0.2) is 0 Å². The quantitative estimate of drug-likeness (QED) is 0.700. The van der Waals surface area contributed by atoms with Crippen molar-refractivity contribution in [2.45, 2.75) is 26.4 Å². The maximum Gasteiger partial charge on any atom is 0.254 e. The van der Waals surface area contributed by atoms with Crippen molar-refractivity contribution >= 4 is 16.8 Å². The summed E-state index contributed by atoms with van der Waals surface area (Å²) < 4.78 is 15.4. The lowest BCUT2D eigenvalue weighted by molar-refractivity contribution is 0.0747. The summed E-state index contributed by atoms with van der Waals surface area (Å²) in [6, 6.07) is 12.1. The van der Waals surface area contributed by atoms with Crippen LogP contribution in [0.2, 0.25) is 0 Å². The van der Waals surface area contributed by atoms with Crippen LogP contribution in [0, 0.1) is 5.82 Å². The third kappa shape index (κ3) is 2.39. The Morgan fingerprint density at radius 1 is 1.12 bits per heavy atom. The summed E-state index contributed by atoms with van der Waals surface area (Å²) in [5, 5.41) is 1.29. The van der Waals surface area contributed by atoms with Crippen LogP contribution < -0.4 is 0 Å². The molecule has 0 atom stereocenters. The molecule has 3 aromatic rings. The molecule has 0 radical (unpaired) electrons. The van der Waals surface area contributed by atoms with Gasteiger partial charge in [-0.05, 0) is 54.8 Å². The van der Waals surface area contributed by atoms with Crippen LogP contribution in [0.5, 0.6) is 0 Å². The second-order valence-corrected chi connectivity index (χ2v) is 6.24. The second-order valence-electron chi connectivity index (χ2n) is 6.24. The molecule has 0 bridgehead atoms. The second kappa shape index (κ2) is 5.78. The van der Waals surface area contributed by atoms with Gasteiger partial charge in [-0.2, -0.15) is 0 Å². The molecule has 122 valence electrons. The maximum absolute atomic E-state index is 13.1. The number of nitrogens with zero attached hydrogens (tertiary/aromatic N) is 2. The fraction of sp³-hybridized carbons (Fsp3) is 0.250. The highest BCUT2D eigenvalue weighted by atomic mass is 19.1. The van der Waals surface area contributed by atoms with Crippen molar-refractivity contribution in [2.75, 3.05) is 6.54 Å². The van der Waals surface area contributed by atoms with Crippen molar-refractivity contribution in [2.24, 2.45) is 0 Å². The van der Waals surface area contributed by atoms with Crippen LogP contribution in [0.4, 0.5) is 4.39 Å². The Hall–Kier alpha value is -2.62. The lowest BCUT2D eigenvalue weighted by Crippen LogP contribution is -2.31. The molecule has 24 heavy (non-hydrogen) atoms. The first-order valence-electron chi connectivity index (χ1n) is 8.32. The van der Waals surface area contributed by atoms with Crippen molar-refractivity contribution < 1.29 is 9.18 Å². The molecule has 2 aromatic carbocycles. The number of rotatable bonds is 2. The maximum atomic E-state index is 13.1. The smallest absolute Gasteiger partial charge is 0.254 e. The number of hydrogen-bond donors (Lipinski definition) is 0. The molecule has 4 rings (SSSR count). The predicted molar refractivity (Wildman–Crippen MR) is 92.5 cm³/mol. The van der Waals surface area contributed by atoms with Gasteiger partial charge < -0.3 is 9.47 Å². The number of carbonyl (C=O) groups excluding carboxylic acids is 1. The number of amides is 1. The minimum Gasteiger partial charge on any atom is -0.347 e. The van der Waals surface area contributed by atoms with E-state index in [1.54, 1.807) is 12.1 Å². The Bertz CT molecular complexity index is 911. The Balaban J connectivity index is 1.71. The van der Waals surface area contributed by atoms with Crippen molar-refractivity contribution in [1.82, 2.24) is 9.47 Å². The van der Waals surface area contributed by atoms with Crippen LogP contribution in [0.25, 0.3) is 10.9 Å². The molecule has 0 saturated carbocycles. The van der Waals surface area contributed by atoms with Gasteiger partial charge in [0.05, 0.1) is 0 Å². The highest BCUT2D eigenvalue weighted by molar-refractivity contribution is 5.95. The van der Waals surface area contributed by atoms with Crippen molar-refractivity contribution in [3.63, 3.8) is 0 Å². The van der Waals surface area contributed by atoms with E-state index in [1.807, 2.05) is 4.90 Å². The van der Waals surface area contributed by atoms with E-state index in [-0.39, 0.29) is 11.7 Å². The molecule has 3 nitrogen and oxygen atoms in total. The van der Waals surface area contributed by atoms with Crippen LogP contribution >= 0.6 is 0 Å². The molecular formula is C20H19FN2O. The predicted octanol–water partition coefficient (Wildman–Crippen LogP) is 4.00. The van der Waals surface area contributed by atoms with Crippen molar-refractivity contribution in [3.8, 4) is 0 Å². The van der Waals surface area contributed by atoms with Crippen LogP contribution in [-0.2, 0) is 19.5 Å². The highest BCUT2D eigenvalue weighted by Gasteiger charge is 2.22. The van der Waals surface area contributed by atoms with E-state index < -0.39 is 0 Å². The topological polar surface area (TPSA) is 25.2 Å². The summed E-state index contributed by atoms with van der Waals surface area (Å²) in [6.07, 6.45) is 3.05. The fourth-order valence-corrected chi connectivity index (χ4v) is 3.59. The Morgan fingerprint density at radius 3 is 2.67 bits per heavy atom. The van der Waals surface area contributed by atoms with E-state index in [2.05, 4.69) is 35.9 Å². The van der Waals surface area contributed by atoms with E-state index in [0.717, 1.165) is 13.0 Å². The molecule has 0 saturated heterocycles. The molecule has 0 fully saturated rings. The largest absolute Gasteiger partial charge is 0.347 e. The van der Waals surface area contributed by atoms with Crippen LogP contribution in [0.3, 0.4) is 0 Å². The van der Waals surface area contributed by atoms with Gasteiger partial charge in [-0.1, -0.05) is 12.1 Å². The average molecular weight is 322 g/mol. The van der Waals surface area contributed by atoms with E-state index >= 15 is 0 Å². The van der Waals surface area contributed by atoms with Crippen molar-refractivity contribution in [3.05, 3.63) is 71.2 Å². The summed E-state index contributed by atoms with van der Waals surface area (Å²) in [5.74, 6) is -0.364. The molecular weight excluding hydrogens is 303 g/mol. The number of carbonyl (C=O) groups is 1. The molecule has 0 N–H and O–H groups in total. The normalized spacial score (nSPS) is 14.0. The van der Waals surface area contributed by atoms with E-state index in [9.17, 15) is 9.18 Å². The van der Waals surface area contributed by atoms with Crippen LogP contribution in [-0.4, -0.2) is 21.9 Å². The third-order valence-corrected chi connectivity index (χ3v) is 4.80. The zero-order valence-electron chi connectivity index (χ0n) is 13.6. The van der Waals surface area contributed by atoms with Gasteiger partial charge in [-0.25, -0.2) is 4.39 Å². The van der Waals surface area contributed by atoms with Crippen molar-refractivity contribution in [1.29, 1.82) is 0 Å². The van der Waals surface area contributed by atoms with Gasteiger partial charge in [-0.3, -0.25) is 4.79 Å². The third-order valence-electron chi connectivity index (χ3n) is 4.80. The van der Waals surface area contributed by atoms with E-state index in [0.29, 0.717) is 18.7 Å². The minimum atomic E-state index is -0.323. The summed E-state index contributed by atoms with van der Waals surface area (Å²) in [5.41, 5.74) is 4.26. The number of hydrogen-bond acceptors (Lipinski definition) is 1. The molecule has 0 spiro atoms. The zero-order chi connectivity index (χ0) is 16.7. The Morgan fingerprint density at radius 2 is 1.92 bits per heavy atom. The monoisotopic (exact) mass is 322 g/mol. The lowest BCUT2D eigenvalue weighted by Gasteiger charge is -2.21. The van der Waals surface area contributed by atoms with Gasteiger partial charge in [0.25, 0.3) is 5.91 Å². The van der Waals surface area contributed by atoms with Gasteiger partial charge in [0.1, 0.15) is 5.82 Å². The summed E-state index contributed by atoms with van der Waals surface area (Å²) in [6.45, 7) is 4.35. The SMILES string of the molecule is CCn1cc2c3c(cccc31)CN(C(=O)c1ccc(F)cc1)CC2. The first kappa shape index (κ1) is 14.9. The molecule has 0 aliphatic carbocycles. The number of halogens is 1. The molecule has 1 amide bonds. The standard InChI is InChI=1S/C20H19FN2O/c1-2-22-12-16-10-11-23(13-15-4-3-5-18(22)19(15)16)20(24)14-6-8-17(21)9-7-14/h3-9,12H,2,10-11,13H2,1H3. The first-order chi connectivity index (χ1) is 11.7. The molecule has 1 aromatic heterocycles. The number of benzene rings is 2. The molecule has 1 aliphatic rings. The molecule has 4 heteroatoms. The average Bonchev–Trinajstić information content (AvgIpc) is 2.86. The summed E-state index contributed by atoms with van der Waals surface area (Å²) in [4.78, 5) is 14.6. The first-order valence-corrected chi connectivity index (χ1v) is 8.32. The van der Waals surface area contributed by atoms with E-state index in [4.69, 9.17) is 0 Å². The molecule has 1 aliphatic heterocycles. The lowest BCUT2D eigenvalue weighted by atomic mass is 10.1. The summed E-state index contributed by atoms with van der Waals surface area (Å²) in [7, 11) is 0. The Kier molecular flexibility index (Phi) is 3.60. The fourth-order valence-electron chi connectivity index (χ4n) is 3.59. The van der Waals surface area contributed by atoms with Gasteiger partial charge >= 0.3 is 0 Å². The van der Waals surface area contributed by atoms with E-state index in [1.165, 1.54) is 34.2 Å². The molecule has 2 heterocycles. The highest BCUT2D eigenvalue weighted by Crippen LogP contribution is 2.30. The van der Waals surface area contributed by atoms with Gasteiger partial charge in [-0.15, -0.1) is 0 Å². The number of aryl methyl sites for hydroxylation is 1.